The van der Waals surface area contributed by atoms with Crippen LogP contribution in [0, 0.1) is 0 Å². The molecule has 0 bridgehead atoms. The number of aromatic nitrogens is 3. The van der Waals surface area contributed by atoms with Crippen molar-refractivity contribution in [3.8, 4) is 0 Å². The maximum absolute atomic E-state index is 5.47. The van der Waals surface area contributed by atoms with Gasteiger partial charge in [-0.2, -0.15) is 0 Å². The SMILES string of the molecule is CNc1ncc(CCc2cnc(N)cn2)s1. The van der Waals surface area contributed by atoms with Crippen LogP contribution in [0.2, 0.25) is 0 Å². The van der Waals surface area contributed by atoms with Gasteiger partial charge in [-0.05, 0) is 12.8 Å². The van der Waals surface area contributed by atoms with Gasteiger partial charge in [0.2, 0.25) is 0 Å². The van der Waals surface area contributed by atoms with Crippen molar-refractivity contribution in [2.75, 3.05) is 18.1 Å². The van der Waals surface area contributed by atoms with Crippen LogP contribution in [0.3, 0.4) is 0 Å². The van der Waals surface area contributed by atoms with E-state index in [2.05, 4.69) is 20.3 Å². The number of nitrogens with zero attached hydrogens (tertiary/aromatic N) is 3. The van der Waals surface area contributed by atoms with Gasteiger partial charge in [0.05, 0.1) is 18.1 Å². The number of anilines is 2. The highest BCUT2D eigenvalue weighted by molar-refractivity contribution is 7.15. The lowest BCUT2D eigenvalue weighted by Gasteiger charge is -1.98. The van der Waals surface area contributed by atoms with Gasteiger partial charge in [0.1, 0.15) is 5.82 Å². The predicted molar refractivity (Wildman–Crippen MR) is 65.5 cm³/mol. The van der Waals surface area contributed by atoms with Crippen LogP contribution in [0.5, 0.6) is 0 Å². The molecule has 0 aromatic carbocycles. The minimum atomic E-state index is 0.457. The van der Waals surface area contributed by atoms with Crippen LogP contribution in [0.15, 0.2) is 18.6 Å². The molecule has 0 saturated heterocycles. The predicted octanol–water partition coefficient (Wildman–Crippen LogP) is 1.34. The van der Waals surface area contributed by atoms with E-state index in [1.54, 1.807) is 23.7 Å². The Labute approximate surface area is 97.8 Å². The average Bonchev–Trinajstić information content (AvgIpc) is 2.76. The summed E-state index contributed by atoms with van der Waals surface area (Å²) < 4.78 is 0. The smallest absolute Gasteiger partial charge is 0.182 e. The monoisotopic (exact) mass is 235 g/mol. The molecule has 2 rings (SSSR count). The Balaban J connectivity index is 1.94. The molecule has 0 fully saturated rings. The van der Waals surface area contributed by atoms with E-state index in [1.165, 1.54) is 4.88 Å². The number of thiazole rings is 1. The summed E-state index contributed by atoms with van der Waals surface area (Å²) in [5.41, 5.74) is 6.42. The van der Waals surface area contributed by atoms with Crippen molar-refractivity contribution in [2.45, 2.75) is 12.8 Å². The maximum Gasteiger partial charge on any atom is 0.182 e. The molecule has 6 heteroatoms. The molecular weight excluding hydrogens is 222 g/mol. The van der Waals surface area contributed by atoms with E-state index in [1.807, 2.05) is 13.2 Å². The van der Waals surface area contributed by atoms with E-state index >= 15 is 0 Å². The van der Waals surface area contributed by atoms with Crippen molar-refractivity contribution in [3.63, 3.8) is 0 Å². The molecule has 0 saturated carbocycles. The average molecular weight is 235 g/mol. The highest BCUT2D eigenvalue weighted by Gasteiger charge is 2.02. The number of nitrogens with one attached hydrogen (secondary N) is 1. The van der Waals surface area contributed by atoms with Crippen LogP contribution in [0.25, 0.3) is 0 Å². The molecular formula is C10H13N5S. The van der Waals surface area contributed by atoms with E-state index in [0.717, 1.165) is 23.7 Å². The highest BCUT2D eigenvalue weighted by Crippen LogP contribution is 2.18. The molecule has 0 aliphatic heterocycles. The lowest BCUT2D eigenvalue weighted by molar-refractivity contribution is 0.911. The summed E-state index contributed by atoms with van der Waals surface area (Å²) in [6.45, 7) is 0. The van der Waals surface area contributed by atoms with Gasteiger partial charge in [-0.25, -0.2) is 9.97 Å². The number of hydrogen-bond donors (Lipinski definition) is 2. The van der Waals surface area contributed by atoms with E-state index in [-0.39, 0.29) is 0 Å². The first-order chi connectivity index (χ1) is 7.78. The van der Waals surface area contributed by atoms with Crippen molar-refractivity contribution in [1.29, 1.82) is 0 Å². The molecule has 5 nitrogen and oxygen atoms in total. The van der Waals surface area contributed by atoms with E-state index in [4.69, 9.17) is 5.73 Å². The first-order valence-electron chi connectivity index (χ1n) is 4.97. The lowest BCUT2D eigenvalue weighted by atomic mass is 10.2. The van der Waals surface area contributed by atoms with Gasteiger partial charge in [0, 0.05) is 18.1 Å². The third-order valence-corrected chi connectivity index (χ3v) is 3.19. The van der Waals surface area contributed by atoms with Gasteiger partial charge < -0.3 is 11.1 Å². The second-order valence-electron chi connectivity index (χ2n) is 3.31. The fraction of sp³-hybridized carbons (Fsp3) is 0.300. The fourth-order valence-electron chi connectivity index (χ4n) is 1.28. The summed E-state index contributed by atoms with van der Waals surface area (Å²) in [5, 5.41) is 3.96. The maximum atomic E-state index is 5.47. The number of nitrogens with two attached hydrogens (primary N) is 1. The Morgan fingerprint density at radius 3 is 2.69 bits per heavy atom. The van der Waals surface area contributed by atoms with Gasteiger partial charge in [0.25, 0.3) is 0 Å². The van der Waals surface area contributed by atoms with Crippen LogP contribution in [-0.4, -0.2) is 22.0 Å². The summed E-state index contributed by atoms with van der Waals surface area (Å²) in [4.78, 5) is 13.7. The summed E-state index contributed by atoms with van der Waals surface area (Å²) in [5.74, 6) is 0.457. The van der Waals surface area contributed by atoms with Crippen LogP contribution < -0.4 is 11.1 Å². The van der Waals surface area contributed by atoms with Gasteiger partial charge in [-0.1, -0.05) is 0 Å². The molecule has 0 radical (unpaired) electrons. The normalized spacial score (nSPS) is 10.3. The quantitative estimate of drug-likeness (QED) is 0.836. The van der Waals surface area contributed by atoms with Gasteiger partial charge in [-0.3, -0.25) is 4.98 Å². The number of nitrogen functional groups attached to an aromatic ring is 1. The summed E-state index contributed by atoms with van der Waals surface area (Å²) in [6, 6.07) is 0. The molecule has 0 amide bonds. The zero-order valence-electron chi connectivity index (χ0n) is 8.97. The highest BCUT2D eigenvalue weighted by atomic mass is 32.1. The molecule has 2 heterocycles. The lowest BCUT2D eigenvalue weighted by Crippen LogP contribution is -1.97. The Bertz CT molecular complexity index is 450. The van der Waals surface area contributed by atoms with Gasteiger partial charge in [-0.15, -0.1) is 11.3 Å². The van der Waals surface area contributed by atoms with Crippen molar-refractivity contribution < 1.29 is 0 Å². The van der Waals surface area contributed by atoms with Crippen molar-refractivity contribution in [1.82, 2.24) is 15.0 Å². The molecule has 0 aliphatic carbocycles. The molecule has 84 valence electrons. The molecule has 16 heavy (non-hydrogen) atoms. The molecule has 0 spiro atoms. The van der Waals surface area contributed by atoms with Crippen LogP contribution in [-0.2, 0) is 12.8 Å². The molecule has 2 aromatic rings. The number of aryl methyl sites for hydroxylation is 2. The third kappa shape index (κ3) is 2.66. The van der Waals surface area contributed by atoms with E-state index in [9.17, 15) is 0 Å². The van der Waals surface area contributed by atoms with Crippen LogP contribution in [0.4, 0.5) is 10.9 Å². The zero-order chi connectivity index (χ0) is 11.4. The minimum Gasteiger partial charge on any atom is -0.382 e. The molecule has 0 atom stereocenters. The minimum absolute atomic E-state index is 0.457. The summed E-state index contributed by atoms with van der Waals surface area (Å²) in [7, 11) is 1.87. The van der Waals surface area contributed by atoms with Crippen LogP contribution in [0.1, 0.15) is 10.6 Å². The Morgan fingerprint density at radius 2 is 2.06 bits per heavy atom. The Kier molecular flexibility index (Phi) is 3.31. The third-order valence-electron chi connectivity index (χ3n) is 2.12. The van der Waals surface area contributed by atoms with E-state index < -0.39 is 0 Å². The summed E-state index contributed by atoms with van der Waals surface area (Å²) in [6.07, 6.45) is 6.98. The molecule has 0 aliphatic rings. The zero-order valence-corrected chi connectivity index (χ0v) is 9.79. The molecule has 0 unspecified atom stereocenters. The van der Waals surface area contributed by atoms with Gasteiger partial charge in [0.15, 0.2) is 5.13 Å². The standard InChI is InChI=1S/C10H13N5S/c1-12-10-15-5-8(16-10)3-2-7-4-14-9(11)6-13-7/h4-6H,2-3H2,1H3,(H2,11,14)(H,12,15). The Hall–Kier alpha value is -1.69. The second-order valence-corrected chi connectivity index (χ2v) is 4.43. The largest absolute Gasteiger partial charge is 0.382 e. The molecule has 3 N–H and O–H groups in total. The van der Waals surface area contributed by atoms with E-state index in [0.29, 0.717) is 5.82 Å². The molecule has 2 aromatic heterocycles. The van der Waals surface area contributed by atoms with Crippen LogP contribution >= 0.6 is 11.3 Å². The second kappa shape index (κ2) is 4.89. The van der Waals surface area contributed by atoms with Gasteiger partial charge >= 0.3 is 0 Å². The fourth-order valence-corrected chi connectivity index (χ4v) is 2.05. The van der Waals surface area contributed by atoms with Crippen molar-refractivity contribution >= 4 is 22.3 Å². The number of hydrogen-bond acceptors (Lipinski definition) is 6. The van der Waals surface area contributed by atoms with Crippen molar-refractivity contribution in [3.05, 3.63) is 29.2 Å². The Morgan fingerprint density at radius 1 is 1.19 bits per heavy atom. The summed E-state index contributed by atoms with van der Waals surface area (Å²) >= 11 is 1.66. The van der Waals surface area contributed by atoms with Crippen molar-refractivity contribution in [2.24, 2.45) is 0 Å². The first kappa shape index (κ1) is 10.8. The topological polar surface area (TPSA) is 76.7 Å². The first-order valence-corrected chi connectivity index (χ1v) is 5.78. The number of rotatable bonds is 4.